The van der Waals surface area contributed by atoms with Gasteiger partial charge in [-0.15, -0.1) is 0 Å². The first-order valence-electron chi connectivity index (χ1n) is 8.22. The van der Waals surface area contributed by atoms with Crippen molar-refractivity contribution in [1.29, 1.82) is 0 Å². The molecule has 136 valence electrons. The van der Waals surface area contributed by atoms with Crippen LogP contribution in [0.4, 0.5) is 13.2 Å². The molecule has 0 bridgehead atoms. The molecule has 4 rings (SSSR count). The van der Waals surface area contributed by atoms with Crippen LogP contribution >= 0.6 is 11.6 Å². The molecule has 3 heterocycles. The van der Waals surface area contributed by atoms with Crippen LogP contribution in [0.3, 0.4) is 0 Å². The summed E-state index contributed by atoms with van der Waals surface area (Å²) in [6.45, 7) is 1.92. The Bertz CT molecular complexity index is 971. The number of aromatic nitrogens is 3. The molecule has 2 aromatic heterocycles. The molecule has 0 aliphatic carbocycles. The topological polar surface area (TPSA) is 26.0 Å². The minimum atomic E-state index is -4.42. The highest BCUT2D eigenvalue weighted by Crippen LogP contribution is 2.29. The van der Waals surface area contributed by atoms with Crippen molar-refractivity contribution in [3.8, 4) is 0 Å². The molecule has 8 heteroatoms. The number of hydrogen-bond donors (Lipinski definition) is 0. The van der Waals surface area contributed by atoms with Gasteiger partial charge in [-0.25, -0.2) is 4.98 Å². The summed E-state index contributed by atoms with van der Waals surface area (Å²) >= 11 is 6.00. The highest BCUT2D eigenvalue weighted by Gasteiger charge is 2.35. The zero-order valence-corrected chi connectivity index (χ0v) is 14.5. The monoisotopic (exact) mass is 380 g/mol. The number of alkyl halides is 3. The van der Waals surface area contributed by atoms with E-state index in [2.05, 4.69) is 9.55 Å². The largest absolute Gasteiger partial charge is 0.434 e. The highest BCUT2D eigenvalue weighted by atomic mass is 35.5. The minimum Gasteiger partial charge on any atom is -0.369 e. The van der Waals surface area contributed by atoms with Crippen molar-refractivity contribution < 1.29 is 13.2 Å². The summed E-state index contributed by atoms with van der Waals surface area (Å²) in [4.78, 5) is 5.68. The lowest BCUT2D eigenvalue weighted by Crippen LogP contribution is -2.24. The molecule has 0 saturated carbocycles. The van der Waals surface area contributed by atoms with Gasteiger partial charge >= 0.3 is 6.18 Å². The van der Waals surface area contributed by atoms with E-state index in [1.807, 2.05) is 41.6 Å². The first-order valence-corrected chi connectivity index (χ1v) is 8.60. The maximum atomic E-state index is 12.8. The molecule has 1 aliphatic heterocycles. The molecular formula is C18H16ClF3N4. The van der Waals surface area contributed by atoms with Crippen LogP contribution in [0, 0.1) is 0 Å². The molecule has 0 N–H and O–H groups in total. The molecule has 1 aromatic carbocycles. The van der Waals surface area contributed by atoms with Crippen LogP contribution < -0.4 is 0 Å². The lowest BCUT2D eigenvalue weighted by Gasteiger charge is -2.23. The maximum absolute atomic E-state index is 12.8. The highest BCUT2D eigenvalue weighted by molar-refractivity contribution is 6.31. The molecule has 1 aliphatic rings. The Morgan fingerprint density at radius 3 is 2.77 bits per heavy atom. The van der Waals surface area contributed by atoms with E-state index in [-0.39, 0.29) is 0 Å². The van der Waals surface area contributed by atoms with Gasteiger partial charge in [-0.05, 0) is 30.7 Å². The first-order chi connectivity index (χ1) is 12.4. The Hall–Kier alpha value is -2.41. The third kappa shape index (κ3) is 3.31. The fraction of sp³-hybridized carbons (Fsp3) is 0.278. The summed E-state index contributed by atoms with van der Waals surface area (Å²) < 4.78 is 41.9. The van der Waals surface area contributed by atoms with Crippen LogP contribution in [-0.2, 0) is 19.3 Å². The second kappa shape index (κ2) is 6.39. The summed E-state index contributed by atoms with van der Waals surface area (Å²) in [5.41, 5.74) is 0.269. The van der Waals surface area contributed by atoms with Crippen LogP contribution in [0.2, 0.25) is 5.02 Å². The molecule has 4 nitrogen and oxygen atoms in total. The third-order valence-electron chi connectivity index (χ3n) is 4.46. The van der Waals surface area contributed by atoms with Gasteiger partial charge in [-0.3, -0.25) is 0 Å². The standard InChI is InChI=1S/C18H16ClF3N4/c19-14-2-3-15-13(10-14)4-7-25(15)6-1-5-24-8-9-26-11-16(18(20,21)22)23-17(26)12-24/h2-4,7-11H,1,5-6,12H2. The number of halogens is 4. The first kappa shape index (κ1) is 17.0. The maximum Gasteiger partial charge on any atom is 0.434 e. The second-order valence-electron chi connectivity index (χ2n) is 6.28. The number of hydrogen-bond acceptors (Lipinski definition) is 2. The Kier molecular flexibility index (Phi) is 4.19. The molecule has 0 saturated heterocycles. The molecule has 0 spiro atoms. The van der Waals surface area contributed by atoms with Gasteiger partial charge in [0.05, 0.1) is 6.54 Å². The molecule has 3 aromatic rings. The van der Waals surface area contributed by atoms with Crippen molar-refractivity contribution in [2.45, 2.75) is 25.7 Å². The fourth-order valence-electron chi connectivity index (χ4n) is 3.18. The van der Waals surface area contributed by atoms with Crippen LogP contribution in [0.15, 0.2) is 42.9 Å². The SMILES string of the molecule is FC(F)(F)c1cn2c(n1)CN(CCCn1ccc3cc(Cl)ccc31)C=C2. The molecule has 0 radical (unpaired) electrons. The second-order valence-corrected chi connectivity index (χ2v) is 6.72. The Morgan fingerprint density at radius 1 is 1.12 bits per heavy atom. The fourth-order valence-corrected chi connectivity index (χ4v) is 3.36. The minimum absolute atomic E-state index is 0.370. The van der Waals surface area contributed by atoms with Crippen LogP contribution in [0.1, 0.15) is 17.9 Å². The van der Waals surface area contributed by atoms with Crippen molar-refractivity contribution in [2.75, 3.05) is 6.54 Å². The van der Waals surface area contributed by atoms with E-state index in [0.717, 1.165) is 36.6 Å². The lowest BCUT2D eigenvalue weighted by atomic mass is 10.2. The number of imidazole rings is 1. The average Bonchev–Trinajstić information content (AvgIpc) is 3.18. The number of rotatable bonds is 4. The van der Waals surface area contributed by atoms with Gasteiger partial charge in [0.25, 0.3) is 0 Å². The van der Waals surface area contributed by atoms with E-state index in [1.165, 1.54) is 4.57 Å². The molecule has 26 heavy (non-hydrogen) atoms. The number of nitrogens with zero attached hydrogens (tertiary/aromatic N) is 4. The van der Waals surface area contributed by atoms with Crippen molar-refractivity contribution in [2.24, 2.45) is 0 Å². The average molecular weight is 381 g/mol. The van der Waals surface area contributed by atoms with E-state index in [9.17, 15) is 13.2 Å². The van der Waals surface area contributed by atoms with Crippen LogP contribution in [0.5, 0.6) is 0 Å². The van der Waals surface area contributed by atoms with Crippen molar-refractivity contribution in [3.05, 3.63) is 59.4 Å². The quantitative estimate of drug-likeness (QED) is 0.647. The van der Waals surface area contributed by atoms with E-state index < -0.39 is 11.9 Å². The van der Waals surface area contributed by atoms with Gasteiger partial charge in [0.15, 0.2) is 5.69 Å². The number of fused-ring (bicyclic) bond motifs is 2. The van der Waals surface area contributed by atoms with E-state index in [0.29, 0.717) is 17.4 Å². The van der Waals surface area contributed by atoms with Crippen molar-refractivity contribution in [1.82, 2.24) is 19.0 Å². The zero-order chi connectivity index (χ0) is 18.3. The normalized spacial score (nSPS) is 14.2. The lowest BCUT2D eigenvalue weighted by molar-refractivity contribution is -0.141. The van der Waals surface area contributed by atoms with E-state index >= 15 is 0 Å². The smallest absolute Gasteiger partial charge is 0.369 e. The zero-order valence-electron chi connectivity index (χ0n) is 13.7. The summed E-state index contributed by atoms with van der Waals surface area (Å²) in [6, 6.07) is 7.82. The summed E-state index contributed by atoms with van der Waals surface area (Å²) in [6.07, 6.45) is 2.93. The third-order valence-corrected chi connectivity index (χ3v) is 4.69. The summed E-state index contributed by atoms with van der Waals surface area (Å²) in [5, 5.41) is 1.81. The Balaban J connectivity index is 1.38. The van der Waals surface area contributed by atoms with Gasteiger partial charge in [-0.2, -0.15) is 13.2 Å². The summed E-state index contributed by atoms with van der Waals surface area (Å²) in [5.74, 6) is 0.404. The Labute approximate surface area is 153 Å². The predicted molar refractivity (Wildman–Crippen MR) is 94.5 cm³/mol. The van der Waals surface area contributed by atoms with E-state index in [4.69, 9.17) is 11.6 Å². The predicted octanol–water partition coefficient (Wildman–Crippen LogP) is 4.84. The number of aryl methyl sites for hydroxylation is 1. The van der Waals surface area contributed by atoms with Gasteiger partial charge in [0.1, 0.15) is 5.82 Å². The van der Waals surface area contributed by atoms with Crippen LogP contribution in [0.25, 0.3) is 17.1 Å². The number of benzene rings is 1. The van der Waals surface area contributed by atoms with Gasteiger partial charge < -0.3 is 14.0 Å². The molecular weight excluding hydrogens is 365 g/mol. The van der Waals surface area contributed by atoms with Crippen molar-refractivity contribution >= 4 is 28.7 Å². The molecule has 0 amide bonds. The molecule has 0 fully saturated rings. The summed E-state index contributed by atoms with van der Waals surface area (Å²) in [7, 11) is 0. The van der Waals surface area contributed by atoms with Gasteiger partial charge in [0, 0.05) is 53.8 Å². The van der Waals surface area contributed by atoms with Gasteiger partial charge in [-0.1, -0.05) is 11.6 Å². The Morgan fingerprint density at radius 2 is 1.96 bits per heavy atom. The van der Waals surface area contributed by atoms with Crippen LogP contribution in [-0.4, -0.2) is 25.6 Å². The van der Waals surface area contributed by atoms with E-state index in [1.54, 1.807) is 6.20 Å². The molecule has 0 unspecified atom stereocenters. The van der Waals surface area contributed by atoms with Crippen molar-refractivity contribution in [3.63, 3.8) is 0 Å². The molecule has 0 atom stereocenters. The van der Waals surface area contributed by atoms with Gasteiger partial charge in [0.2, 0.25) is 0 Å².